The molecule has 0 aliphatic rings. The molecule has 1 aromatic carbocycles. The molecule has 3 N–H and O–H groups in total. The highest BCUT2D eigenvalue weighted by Gasteiger charge is 2.13. The van der Waals surface area contributed by atoms with Crippen LogP contribution >= 0.6 is 0 Å². The van der Waals surface area contributed by atoms with Crippen molar-refractivity contribution in [1.82, 2.24) is 4.98 Å². The van der Waals surface area contributed by atoms with E-state index in [1.165, 1.54) is 12.3 Å². The zero-order chi connectivity index (χ0) is 15.3. The van der Waals surface area contributed by atoms with Crippen molar-refractivity contribution in [3.05, 3.63) is 42.6 Å². The average molecular weight is 307 g/mol. The van der Waals surface area contributed by atoms with Gasteiger partial charge in [0.05, 0.1) is 12.2 Å². The molecule has 0 saturated heterocycles. The van der Waals surface area contributed by atoms with E-state index < -0.39 is 9.84 Å². The number of nitrogens with zero attached hydrogens (tertiary/aromatic N) is 1. The maximum Gasteiger partial charge on any atom is 0.179 e. The van der Waals surface area contributed by atoms with Crippen molar-refractivity contribution in [2.45, 2.75) is 4.90 Å². The summed E-state index contributed by atoms with van der Waals surface area (Å²) in [7, 11) is -3.32. The molecule has 112 valence electrons. The molecule has 0 spiro atoms. The van der Waals surface area contributed by atoms with Crippen LogP contribution in [0.2, 0.25) is 0 Å². The number of benzene rings is 1. The minimum absolute atomic E-state index is 0.171. The topological polar surface area (TPSA) is 94.3 Å². The van der Waals surface area contributed by atoms with Crippen LogP contribution in [0.4, 0.5) is 11.5 Å². The number of ether oxygens (including phenoxy) is 1. The molecular formula is C14H17N3O3S. The van der Waals surface area contributed by atoms with Crippen molar-refractivity contribution in [2.75, 3.05) is 30.5 Å². The summed E-state index contributed by atoms with van der Waals surface area (Å²) in [6, 6.07) is 10.3. The molecule has 0 atom stereocenters. The third-order valence-corrected chi connectivity index (χ3v) is 3.87. The molecule has 0 saturated carbocycles. The minimum Gasteiger partial charge on any atom is -0.490 e. The molecule has 7 heteroatoms. The Kier molecular flexibility index (Phi) is 4.64. The quantitative estimate of drug-likeness (QED) is 0.621. The van der Waals surface area contributed by atoms with Crippen LogP contribution in [0.3, 0.4) is 0 Å². The van der Waals surface area contributed by atoms with Gasteiger partial charge in [-0.25, -0.2) is 13.4 Å². The summed E-state index contributed by atoms with van der Waals surface area (Å²) in [6.07, 6.45) is 2.68. The van der Waals surface area contributed by atoms with Gasteiger partial charge in [0.25, 0.3) is 0 Å². The van der Waals surface area contributed by atoms with Crippen molar-refractivity contribution in [2.24, 2.45) is 0 Å². The number of pyridine rings is 1. The molecule has 0 aliphatic heterocycles. The first-order valence-electron chi connectivity index (χ1n) is 6.35. The normalized spacial score (nSPS) is 11.1. The number of nitrogens with two attached hydrogens (primary N) is 1. The fraction of sp³-hybridized carbons (Fsp3) is 0.214. The van der Waals surface area contributed by atoms with E-state index in [4.69, 9.17) is 10.5 Å². The largest absolute Gasteiger partial charge is 0.490 e. The van der Waals surface area contributed by atoms with Gasteiger partial charge in [-0.1, -0.05) is 12.1 Å². The van der Waals surface area contributed by atoms with E-state index in [0.29, 0.717) is 30.4 Å². The summed E-state index contributed by atoms with van der Waals surface area (Å²) in [5, 5.41) is 2.95. The number of sulfone groups is 1. The van der Waals surface area contributed by atoms with Crippen molar-refractivity contribution in [3.63, 3.8) is 0 Å². The van der Waals surface area contributed by atoms with Gasteiger partial charge in [-0.3, -0.25) is 0 Å². The maximum absolute atomic E-state index is 11.6. The summed E-state index contributed by atoms with van der Waals surface area (Å²) in [4.78, 5) is 4.21. The second-order valence-corrected chi connectivity index (χ2v) is 6.42. The van der Waals surface area contributed by atoms with Crippen LogP contribution in [0, 0.1) is 0 Å². The van der Waals surface area contributed by atoms with Crippen molar-refractivity contribution >= 4 is 21.3 Å². The number of nitrogen functional groups attached to an aromatic ring is 1. The number of hydrogen-bond acceptors (Lipinski definition) is 6. The van der Waals surface area contributed by atoms with Gasteiger partial charge in [-0.2, -0.15) is 0 Å². The van der Waals surface area contributed by atoms with Gasteiger partial charge in [0.1, 0.15) is 23.1 Å². The standard InChI is InChI=1S/C14H17N3O3S/c1-21(18,19)13-7-4-8-16-14(13)17-9-10-20-12-6-3-2-5-11(12)15/h2-8H,9-10,15H2,1H3,(H,16,17). The Labute approximate surface area is 123 Å². The molecule has 0 bridgehead atoms. The Hall–Kier alpha value is -2.28. The Morgan fingerprint density at radius 1 is 1.24 bits per heavy atom. The number of rotatable bonds is 6. The number of hydrogen-bond donors (Lipinski definition) is 2. The highest BCUT2D eigenvalue weighted by Crippen LogP contribution is 2.20. The van der Waals surface area contributed by atoms with E-state index >= 15 is 0 Å². The monoisotopic (exact) mass is 307 g/mol. The summed E-state index contributed by atoms with van der Waals surface area (Å²) in [5.74, 6) is 0.924. The first kappa shape index (κ1) is 15.1. The van der Waals surface area contributed by atoms with Gasteiger partial charge < -0.3 is 15.8 Å². The Morgan fingerprint density at radius 2 is 2.00 bits per heavy atom. The number of para-hydroxylation sites is 2. The van der Waals surface area contributed by atoms with E-state index in [9.17, 15) is 8.42 Å². The van der Waals surface area contributed by atoms with Crippen molar-refractivity contribution in [3.8, 4) is 5.75 Å². The third kappa shape index (κ3) is 4.09. The highest BCUT2D eigenvalue weighted by atomic mass is 32.2. The lowest BCUT2D eigenvalue weighted by Crippen LogP contribution is -2.15. The summed E-state index contributed by atoms with van der Waals surface area (Å²) in [6.45, 7) is 0.752. The first-order chi connectivity index (χ1) is 9.98. The SMILES string of the molecule is CS(=O)(=O)c1cccnc1NCCOc1ccccc1N. The molecule has 2 rings (SSSR count). The molecule has 6 nitrogen and oxygen atoms in total. The molecule has 0 radical (unpaired) electrons. The molecule has 0 fully saturated rings. The fourth-order valence-electron chi connectivity index (χ4n) is 1.76. The van der Waals surface area contributed by atoms with Crippen LogP contribution in [0.5, 0.6) is 5.75 Å². The van der Waals surface area contributed by atoms with Gasteiger partial charge in [-0.15, -0.1) is 0 Å². The maximum atomic E-state index is 11.6. The van der Waals surface area contributed by atoms with Crippen molar-refractivity contribution < 1.29 is 13.2 Å². The van der Waals surface area contributed by atoms with Crippen LogP contribution < -0.4 is 15.8 Å². The van der Waals surface area contributed by atoms with Gasteiger partial charge in [-0.05, 0) is 24.3 Å². The molecule has 1 heterocycles. The summed E-state index contributed by atoms with van der Waals surface area (Å²) < 4.78 is 28.8. The Balaban J connectivity index is 1.95. The predicted molar refractivity (Wildman–Crippen MR) is 82.2 cm³/mol. The lowest BCUT2D eigenvalue weighted by atomic mass is 10.3. The second-order valence-electron chi connectivity index (χ2n) is 4.44. The zero-order valence-corrected chi connectivity index (χ0v) is 12.4. The van der Waals surface area contributed by atoms with E-state index in [1.54, 1.807) is 18.2 Å². The third-order valence-electron chi connectivity index (χ3n) is 2.74. The van der Waals surface area contributed by atoms with Crippen LogP contribution in [-0.4, -0.2) is 32.8 Å². The molecule has 0 amide bonds. The van der Waals surface area contributed by atoms with E-state index in [2.05, 4.69) is 10.3 Å². The van der Waals surface area contributed by atoms with Crippen LogP contribution in [-0.2, 0) is 9.84 Å². The summed E-state index contributed by atoms with van der Waals surface area (Å²) in [5.41, 5.74) is 6.32. The van der Waals surface area contributed by atoms with Gasteiger partial charge in [0.2, 0.25) is 0 Å². The van der Waals surface area contributed by atoms with Crippen LogP contribution in [0.1, 0.15) is 0 Å². The van der Waals surface area contributed by atoms with Gasteiger partial charge >= 0.3 is 0 Å². The Bertz CT molecular complexity index is 717. The molecule has 0 unspecified atom stereocenters. The highest BCUT2D eigenvalue weighted by molar-refractivity contribution is 7.90. The zero-order valence-electron chi connectivity index (χ0n) is 11.6. The summed E-state index contributed by atoms with van der Waals surface area (Å²) >= 11 is 0. The number of anilines is 2. The second kappa shape index (κ2) is 6.45. The molecule has 2 aromatic rings. The van der Waals surface area contributed by atoms with E-state index in [-0.39, 0.29) is 4.90 Å². The van der Waals surface area contributed by atoms with E-state index in [0.717, 1.165) is 6.26 Å². The minimum atomic E-state index is -3.32. The lowest BCUT2D eigenvalue weighted by Gasteiger charge is -2.11. The average Bonchev–Trinajstić information content (AvgIpc) is 2.45. The molecule has 21 heavy (non-hydrogen) atoms. The van der Waals surface area contributed by atoms with Gasteiger partial charge in [0, 0.05) is 12.5 Å². The predicted octanol–water partition coefficient (Wildman–Crippen LogP) is 1.56. The molecular weight excluding hydrogens is 290 g/mol. The molecule has 1 aromatic heterocycles. The van der Waals surface area contributed by atoms with Crippen LogP contribution in [0.15, 0.2) is 47.5 Å². The first-order valence-corrected chi connectivity index (χ1v) is 8.24. The molecule has 0 aliphatic carbocycles. The fourth-order valence-corrected chi connectivity index (χ4v) is 2.57. The van der Waals surface area contributed by atoms with Crippen molar-refractivity contribution in [1.29, 1.82) is 0 Å². The van der Waals surface area contributed by atoms with E-state index in [1.807, 2.05) is 12.1 Å². The Morgan fingerprint density at radius 3 is 2.71 bits per heavy atom. The van der Waals surface area contributed by atoms with Gasteiger partial charge in [0.15, 0.2) is 9.84 Å². The number of nitrogens with one attached hydrogen (secondary N) is 1. The number of aromatic nitrogens is 1. The smallest absolute Gasteiger partial charge is 0.179 e. The van der Waals surface area contributed by atoms with Crippen LogP contribution in [0.25, 0.3) is 0 Å². The lowest BCUT2D eigenvalue weighted by molar-refractivity contribution is 0.334.